The number of halogens is 1. The third-order valence-corrected chi connectivity index (χ3v) is 2.44. The van der Waals surface area contributed by atoms with E-state index in [9.17, 15) is 5.11 Å². The van der Waals surface area contributed by atoms with Crippen LogP contribution in [0.15, 0.2) is 12.1 Å². The largest absolute Gasteiger partial charge is 0.507 e. The summed E-state index contributed by atoms with van der Waals surface area (Å²) in [6.07, 6.45) is 2.07. The SMILES string of the molecule is CCc1cc(Cl)cc(CCCO)c1O. The number of phenols is 1. The second kappa shape index (κ2) is 5.23. The van der Waals surface area contributed by atoms with Crippen LogP contribution in [0.4, 0.5) is 0 Å². The average Bonchev–Trinajstić information content (AvgIpc) is 2.18. The van der Waals surface area contributed by atoms with Crippen LogP contribution in [0.5, 0.6) is 5.75 Å². The molecule has 0 aliphatic carbocycles. The fraction of sp³-hybridized carbons (Fsp3) is 0.455. The topological polar surface area (TPSA) is 40.5 Å². The summed E-state index contributed by atoms with van der Waals surface area (Å²) in [6, 6.07) is 3.53. The lowest BCUT2D eigenvalue weighted by atomic mass is 10.0. The molecule has 0 atom stereocenters. The van der Waals surface area contributed by atoms with Crippen LogP contribution in [-0.2, 0) is 12.8 Å². The standard InChI is InChI=1S/C11H15ClO2/c1-2-8-6-10(12)7-9(11(8)14)4-3-5-13/h6-7,13-14H,2-5H2,1H3. The van der Waals surface area contributed by atoms with Crippen molar-refractivity contribution < 1.29 is 10.2 Å². The molecule has 78 valence electrons. The number of hydrogen-bond donors (Lipinski definition) is 2. The van der Waals surface area contributed by atoms with Gasteiger partial charge in [-0.05, 0) is 42.5 Å². The Hall–Kier alpha value is -0.730. The zero-order valence-electron chi connectivity index (χ0n) is 8.26. The molecule has 0 amide bonds. The summed E-state index contributed by atoms with van der Waals surface area (Å²) >= 11 is 5.91. The molecule has 2 nitrogen and oxygen atoms in total. The van der Waals surface area contributed by atoms with Crippen LogP contribution < -0.4 is 0 Å². The van der Waals surface area contributed by atoms with Crippen LogP contribution in [0.1, 0.15) is 24.5 Å². The van der Waals surface area contributed by atoms with Crippen LogP contribution in [-0.4, -0.2) is 16.8 Å². The molecule has 0 spiro atoms. The first kappa shape index (κ1) is 11.3. The van der Waals surface area contributed by atoms with Crippen LogP contribution >= 0.6 is 11.6 Å². The first-order valence-electron chi connectivity index (χ1n) is 4.80. The number of aromatic hydroxyl groups is 1. The predicted molar refractivity (Wildman–Crippen MR) is 57.9 cm³/mol. The van der Waals surface area contributed by atoms with Crippen molar-refractivity contribution in [3.05, 3.63) is 28.3 Å². The Kier molecular flexibility index (Phi) is 4.23. The second-order valence-electron chi connectivity index (χ2n) is 3.25. The van der Waals surface area contributed by atoms with Crippen molar-refractivity contribution in [2.45, 2.75) is 26.2 Å². The molecule has 0 fully saturated rings. The molecule has 1 aromatic carbocycles. The minimum atomic E-state index is 0.132. The summed E-state index contributed by atoms with van der Waals surface area (Å²) in [5.41, 5.74) is 1.69. The molecule has 3 heteroatoms. The highest BCUT2D eigenvalue weighted by Crippen LogP contribution is 2.28. The molecule has 0 aliphatic rings. The van der Waals surface area contributed by atoms with Gasteiger partial charge in [0.15, 0.2) is 0 Å². The molecule has 0 saturated heterocycles. The molecule has 0 bridgehead atoms. The van der Waals surface area contributed by atoms with E-state index in [4.69, 9.17) is 16.7 Å². The Morgan fingerprint density at radius 1 is 1.29 bits per heavy atom. The fourth-order valence-corrected chi connectivity index (χ4v) is 1.71. The van der Waals surface area contributed by atoms with E-state index in [2.05, 4.69) is 0 Å². The van der Waals surface area contributed by atoms with E-state index in [0.29, 0.717) is 23.6 Å². The van der Waals surface area contributed by atoms with Gasteiger partial charge in [-0.1, -0.05) is 18.5 Å². The lowest BCUT2D eigenvalue weighted by Gasteiger charge is -2.08. The number of hydrogen-bond acceptors (Lipinski definition) is 2. The Morgan fingerprint density at radius 3 is 2.50 bits per heavy atom. The van der Waals surface area contributed by atoms with Crippen molar-refractivity contribution in [3.63, 3.8) is 0 Å². The van der Waals surface area contributed by atoms with Crippen LogP contribution in [0, 0.1) is 0 Å². The van der Waals surface area contributed by atoms with Gasteiger partial charge in [-0.25, -0.2) is 0 Å². The molecule has 0 heterocycles. The molecule has 14 heavy (non-hydrogen) atoms. The van der Waals surface area contributed by atoms with Gasteiger partial charge >= 0.3 is 0 Å². The van der Waals surface area contributed by atoms with Gasteiger partial charge in [0.05, 0.1) is 0 Å². The highest BCUT2D eigenvalue weighted by molar-refractivity contribution is 6.30. The maximum atomic E-state index is 9.80. The zero-order valence-corrected chi connectivity index (χ0v) is 9.01. The molecular weight excluding hydrogens is 200 g/mol. The minimum absolute atomic E-state index is 0.132. The van der Waals surface area contributed by atoms with Crippen molar-refractivity contribution >= 4 is 11.6 Å². The van der Waals surface area contributed by atoms with Gasteiger partial charge in [0.25, 0.3) is 0 Å². The maximum Gasteiger partial charge on any atom is 0.122 e. The monoisotopic (exact) mass is 214 g/mol. The number of aliphatic hydroxyl groups is 1. The summed E-state index contributed by atoms with van der Waals surface area (Å²) < 4.78 is 0. The van der Waals surface area contributed by atoms with Crippen molar-refractivity contribution in [2.24, 2.45) is 0 Å². The van der Waals surface area contributed by atoms with Gasteiger partial charge in [0.2, 0.25) is 0 Å². The van der Waals surface area contributed by atoms with E-state index >= 15 is 0 Å². The van der Waals surface area contributed by atoms with E-state index in [1.807, 2.05) is 6.92 Å². The van der Waals surface area contributed by atoms with Crippen LogP contribution in [0.2, 0.25) is 5.02 Å². The van der Waals surface area contributed by atoms with Crippen molar-refractivity contribution in [1.29, 1.82) is 0 Å². The minimum Gasteiger partial charge on any atom is -0.507 e. The molecule has 1 rings (SSSR count). The molecule has 2 N–H and O–H groups in total. The summed E-state index contributed by atoms with van der Waals surface area (Å²) in [6.45, 7) is 2.11. The van der Waals surface area contributed by atoms with Crippen LogP contribution in [0.25, 0.3) is 0 Å². The Labute approximate surface area is 89.1 Å². The van der Waals surface area contributed by atoms with Crippen molar-refractivity contribution in [3.8, 4) is 5.75 Å². The third-order valence-electron chi connectivity index (χ3n) is 2.22. The lowest BCUT2D eigenvalue weighted by molar-refractivity contribution is 0.288. The van der Waals surface area contributed by atoms with Crippen LogP contribution in [0.3, 0.4) is 0 Å². The van der Waals surface area contributed by atoms with Gasteiger partial charge in [-0.2, -0.15) is 0 Å². The van der Waals surface area contributed by atoms with E-state index in [-0.39, 0.29) is 6.61 Å². The number of phenolic OH excluding ortho intramolecular Hbond substituents is 1. The highest BCUT2D eigenvalue weighted by Gasteiger charge is 2.07. The third kappa shape index (κ3) is 2.63. The first-order valence-corrected chi connectivity index (χ1v) is 5.18. The van der Waals surface area contributed by atoms with Gasteiger partial charge in [0.1, 0.15) is 5.75 Å². The smallest absolute Gasteiger partial charge is 0.122 e. The van der Waals surface area contributed by atoms with E-state index in [1.54, 1.807) is 12.1 Å². The number of aryl methyl sites for hydroxylation is 2. The molecule has 0 aromatic heterocycles. The molecule has 0 saturated carbocycles. The number of rotatable bonds is 4. The van der Waals surface area contributed by atoms with E-state index in [1.165, 1.54) is 0 Å². The van der Waals surface area contributed by atoms with Gasteiger partial charge in [0, 0.05) is 11.6 Å². The lowest BCUT2D eigenvalue weighted by Crippen LogP contribution is -1.93. The van der Waals surface area contributed by atoms with Gasteiger partial charge in [-0.15, -0.1) is 0 Å². The van der Waals surface area contributed by atoms with Gasteiger partial charge in [-0.3, -0.25) is 0 Å². The number of aliphatic hydroxyl groups excluding tert-OH is 1. The fourth-order valence-electron chi connectivity index (χ4n) is 1.45. The summed E-state index contributed by atoms with van der Waals surface area (Å²) in [7, 11) is 0. The molecule has 0 aliphatic heterocycles. The maximum absolute atomic E-state index is 9.80. The Balaban J connectivity index is 2.96. The molecule has 0 radical (unpaired) electrons. The zero-order chi connectivity index (χ0) is 10.6. The molecule has 1 aromatic rings. The summed E-state index contributed by atoms with van der Waals surface area (Å²) in [5, 5.41) is 19.1. The Bertz CT molecular complexity index is 310. The summed E-state index contributed by atoms with van der Waals surface area (Å²) in [4.78, 5) is 0. The predicted octanol–water partition coefficient (Wildman–Crippen LogP) is 2.53. The number of benzene rings is 1. The first-order chi connectivity index (χ1) is 6.69. The Morgan fingerprint density at radius 2 is 1.93 bits per heavy atom. The van der Waals surface area contributed by atoms with E-state index in [0.717, 1.165) is 17.5 Å². The summed E-state index contributed by atoms with van der Waals surface area (Å²) in [5.74, 6) is 0.324. The van der Waals surface area contributed by atoms with Crippen molar-refractivity contribution in [1.82, 2.24) is 0 Å². The van der Waals surface area contributed by atoms with Gasteiger partial charge < -0.3 is 10.2 Å². The molecular formula is C11H15ClO2. The van der Waals surface area contributed by atoms with E-state index < -0.39 is 0 Å². The molecule has 0 unspecified atom stereocenters. The normalized spacial score (nSPS) is 10.5. The quantitative estimate of drug-likeness (QED) is 0.809. The average molecular weight is 215 g/mol. The second-order valence-corrected chi connectivity index (χ2v) is 3.69. The van der Waals surface area contributed by atoms with Crippen molar-refractivity contribution in [2.75, 3.05) is 6.61 Å². The highest BCUT2D eigenvalue weighted by atomic mass is 35.5.